The molecule has 0 spiro atoms. The van der Waals surface area contributed by atoms with Gasteiger partial charge in [0, 0.05) is 25.1 Å². The molecule has 8 heteroatoms. The highest BCUT2D eigenvalue weighted by Crippen LogP contribution is 2.29. The number of nitrogens with zero attached hydrogens (tertiary/aromatic N) is 2. The van der Waals surface area contributed by atoms with Crippen LogP contribution in [0.4, 0.5) is 5.69 Å². The lowest BCUT2D eigenvalue weighted by molar-refractivity contribution is 0.488. The van der Waals surface area contributed by atoms with Crippen LogP contribution in [0.25, 0.3) is 11.0 Å². The highest BCUT2D eigenvalue weighted by Gasteiger charge is 2.08. The van der Waals surface area contributed by atoms with Crippen molar-refractivity contribution < 1.29 is 13.2 Å². The first-order valence-electron chi connectivity index (χ1n) is 6.41. The van der Waals surface area contributed by atoms with E-state index in [0.29, 0.717) is 17.2 Å². The summed E-state index contributed by atoms with van der Waals surface area (Å²) >= 11 is 0. The van der Waals surface area contributed by atoms with Gasteiger partial charge in [-0.1, -0.05) is 0 Å². The molecule has 0 aliphatic heterocycles. The van der Waals surface area contributed by atoms with Crippen LogP contribution in [-0.4, -0.2) is 18.0 Å². The van der Waals surface area contributed by atoms with Gasteiger partial charge < -0.3 is 9.30 Å². The maximum absolute atomic E-state index is 11.0. The lowest BCUT2D eigenvalue weighted by Crippen LogP contribution is -2.21. The molecule has 0 saturated carbocycles. The molecule has 3 aromatic rings. The summed E-state index contributed by atoms with van der Waals surface area (Å²) in [5.74, 6) is 1.26. The van der Waals surface area contributed by atoms with E-state index in [9.17, 15) is 8.42 Å². The van der Waals surface area contributed by atoms with E-state index in [0.717, 1.165) is 11.0 Å². The Bertz CT molecular complexity index is 917. The van der Waals surface area contributed by atoms with Crippen molar-refractivity contribution in [3.63, 3.8) is 0 Å². The second kappa shape index (κ2) is 5.32. The molecule has 2 aromatic heterocycles. The number of hydrogen-bond acceptors (Lipinski definition) is 4. The van der Waals surface area contributed by atoms with Crippen LogP contribution in [0.15, 0.2) is 48.8 Å². The zero-order valence-corrected chi connectivity index (χ0v) is 12.5. The van der Waals surface area contributed by atoms with Gasteiger partial charge in [-0.25, -0.2) is 10.1 Å². The summed E-state index contributed by atoms with van der Waals surface area (Å²) in [7, 11) is -1.87. The van der Waals surface area contributed by atoms with Crippen molar-refractivity contribution in [1.29, 1.82) is 0 Å². The summed E-state index contributed by atoms with van der Waals surface area (Å²) in [4.78, 5) is 4.29. The Morgan fingerprint density at radius 1 is 1.18 bits per heavy atom. The van der Waals surface area contributed by atoms with Crippen LogP contribution >= 0.6 is 0 Å². The molecule has 0 atom stereocenters. The minimum absolute atomic E-state index is 0.370. The van der Waals surface area contributed by atoms with Gasteiger partial charge in [-0.2, -0.15) is 8.42 Å². The standard InChI is InChI=1S/C14H14N4O3S/c1-18-9-7-12-13(6-8-16-14(12)18)21-11-4-2-10(3-5-11)17-22(15,19)20/h2-9,17H,1H3,(H2,15,19,20). The smallest absolute Gasteiger partial charge is 0.296 e. The van der Waals surface area contributed by atoms with Gasteiger partial charge in [-0.15, -0.1) is 0 Å². The third kappa shape index (κ3) is 3.02. The quantitative estimate of drug-likeness (QED) is 0.768. The first-order chi connectivity index (χ1) is 10.4. The van der Waals surface area contributed by atoms with E-state index < -0.39 is 10.2 Å². The average Bonchev–Trinajstić information content (AvgIpc) is 2.83. The Morgan fingerprint density at radius 2 is 1.91 bits per heavy atom. The van der Waals surface area contributed by atoms with E-state index in [4.69, 9.17) is 9.88 Å². The van der Waals surface area contributed by atoms with Crippen LogP contribution in [0.1, 0.15) is 0 Å². The van der Waals surface area contributed by atoms with Crippen LogP contribution in [-0.2, 0) is 17.3 Å². The Balaban J connectivity index is 1.86. The molecular formula is C14H14N4O3S. The van der Waals surface area contributed by atoms with Crippen LogP contribution in [0.3, 0.4) is 0 Å². The number of aryl methyl sites for hydroxylation is 1. The molecule has 3 N–H and O–H groups in total. The summed E-state index contributed by atoms with van der Waals surface area (Å²) in [6.45, 7) is 0. The van der Waals surface area contributed by atoms with Crippen molar-refractivity contribution in [2.45, 2.75) is 0 Å². The number of anilines is 1. The number of ether oxygens (including phenoxy) is 1. The lowest BCUT2D eigenvalue weighted by Gasteiger charge is -2.08. The number of nitrogens with two attached hydrogens (primary N) is 1. The van der Waals surface area contributed by atoms with Crippen molar-refractivity contribution in [3.05, 3.63) is 48.8 Å². The molecule has 0 aliphatic rings. The van der Waals surface area contributed by atoms with Gasteiger partial charge in [0.1, 0.15) is 17.1 Å². The monoisotopic (exact) mass is 318 g/mol. The molecule has 3 rings (SSSR count). The molecule has 0 unspecified atom stereocenters. The molecule has 0 saturated heterocycles. The summed E-state index contributed by atoms with van der Waals surface area (Å²) in [5.41, 5.74) is 1.19. The third-order valence-corrected chi connectivity index (χ3v) is 3.59. The zero-order valence-electron chi connectivity index (χ0n) is 11.7. The maximum Gasteiger partial charge on any atom is 0.296 e. The van der Waals surface area contributed by atoms with Crippen molar-refractivity contribution in [3.8, 4) is 11.5 Å². The fraction of sp³-hybridized carbons (Fsp3) is 0.0714. The van der Waals surface area contributed by atoms with Gasteiger partial charge in [0.25, 0.3) is 10.2 Å². The number of hydrogen-bond donors (Lipinski definition) is 2. The molecule has 0 fully saturated rings. The van der Waals surface area contributed by atoms with Crippen molar-refractivity contribution >= 4 is 26.9 Å². The number of benzene rings is 1. The largest absolute Gasteiger partial charge is 0.457 e. The lowest BCUT2D eigenvalue weighted by atomic mass is 10.3. The molecule has 22 heavy (non-hydrogen) atoms. The highest BCUT2D eigenvalue weighted by atomic mass is 32.2. The van der Waals surface area contributed by atoms with Gasteiger partial charge in [0.2, 0.25) is 0 Å². The predicted octanol–water partition coefficient (Wildman–Crippen LogP) is 1.98. The van der Waals surface area contributed by atoms with E-state index in [-0.39, 0.29) is 0 Å². The molecule has 0 aliphatic carbocycles. The Labute approximate surface area is 127 Å². The molecule has 0 amide bonds. The second-order valence-electron chi connectivity index (χ2n) is 4.75. The minimum Gasteiger partial charge on any atom is -0.457 e. The minimum atomic E-state index is -3.78. The first-order valence-corrected chi connectivity index (χ1v) is 7.95. The fourth-order valence-corrected chi connectivity index (χ4v) is 2.58. The van der Waals surface area contributed by atoms with E-state index in [1.807, 2.05) is 23.9 Å². The molecule has 0 bridgehead atoms. The molecule has 1 aromatic carbocycles. The van der Waals surface area contributed by atoms with Crippen LogP contribution < -0.4 is 14.6 Å². The number of rotatable bonds is 4. The molecular weight excluding hydrogens is 304 g/mol. The first kappa shape index (κ1) is 14.4. The van der Waals surface area contributed by atoms with Crippen LogP contribution in [0.2, 0.25) is 0 Å². The Morgan fingerprint density at radius 3 is 2.59 bits per heavy atom. The summed E-state index contributed by atoms with van der Waals surface area (Å²) in [6, 6.07) is 10.2. The summed E-state index contributed by atoms with van der Waals surface area (Å²) in [5, 5.41) is 5.81. The van der Waals surface area contributed by atoms with Gasteiger partial charge in [-0.3, -0.25) is 4.72 Å². The predicted molar refractivity (Wildman–Crippen MR) is 84.0 cm³/mol. The molecule has 114 valence electrons. The van der Waals surface area contributed by atoms with Crippen molar-refractivity contribution in [2.75, 3.05) is 4.72 Å². The number of fused-ring (bicyclic) bond motifs is 1. The van der Waals surface area contributed by atoms with E-state index in [1.54, 1.807) is 36.5 Å². The normalized spacial score (nSPS) is 11.5. The number of nitrogens with one attached hydrogen (secondary N) is 1. The summed E-state index contributed by atoms with van der Waals surface area (Å²) in [6.07, 6.45) is 3.58. The van der Waals surface area contributed by atoms with Crippen molar-refractivity contribution in [1.82, 2.24) is 9.55 Å². The summed E-state index contributed by atoms with van der Waals surface area (Å²) < 4.78 is 31.8. The van der Waals surface area contributed by atoms with Gasteiger partial charge in [0.15, 0.2) is 0 Å². The third-order valence-electron chi connectivity index (χ3n) is 3.07. The van der Waals surface area contributed by atoms with E-state index in [2.05, 4.69) is 9.71 Å². The van der Waals surface area contributed by atoms with Gasteiger partial charge in [-0.05, 0) is 36.4 Å². The van der Waals surface area contributed by atoms with Gasteiger partial charge in [0.05, 0.1) is 5.39 Å². The van der Waals surface area contributed by atoms with E-state index in [1.165, 1.54) is 0 Å². The molecule has 0 radical (unpaired) electrons. The van der Waals surface area contributed by atoms with Gasteiger partial charge >= 0.3 is 0 Å². The average molecular weight is 318 g/mol. The molecule has 2 heterocycles. The molecule has 7 nitrogen and oxygen atoms in total. The van der Waals surface area contributed by atoms with Crippen LogP contribution in [0.5, 0.6) is 11.5 Å². The fourth-order valence-electron chi connectivity index (χ4n) is 2.11. The SMILES string of the molecule is Cn1ccc2c(Oc3ccc(NS(N)(=O)=O)cc3)ccnc21. The van der Waals surface area contributed by atoms with E-state index >= 15 is 0 Å². The zero-order chi connectivity index (χ0) is 15.7. The maximum atomic E-state index is 11.0. The highest BCUT2D eigenvalue weighted by molar-refractivity contribution is 7.90. The van der Waals surface area contributed by atoms with Crippen LogP contribution in [0, 0.1) is 0 Å². The topological polar surface area (TPSA) is 99.2 Å². The second-order valence-corrected chi connectivity index (χ2v) is 6.04. The number of aromatic nitrogens is 2. The number of pyridine rings is 1. The van der Waals surface area contributed by atoms with Crippen molar-refractivity contribution in [2.24, 2.45) is 12.2 Å². The Kier molecular flexibility index (Phi) is 3.47. The Hall–Kier alpha value is -2.58.